The van der Waals surface area contributed by atoms with E-state index in [0.29, 0.717) is 5.89 Å². The molecule has 0 aliphatic rings. The lowest BCUT2D eigenvalue weighted by Crippen LogP contribution is -2.08. The average molecular weight is 190 g/mol. The summed E-state index contributed by atoms with van der Waals surface area (Å²) >= 11 is 0. The Balaban J connectivity index is 2.51. The molecule has 0 radical (unpaired) electrons. The van der Waals surface area contributed by atoms with Gasteiger partial charge in [-0.25, -0.2) is 4.98 Å². The van der Waals surface area contributed by atoms with Gasteiger partial charge in [-0.15, -0.1) is 0 Å². The summed E-state index contributed by atoms with van der Waals surface area (Å²) in [5, 5.41) is 0. The van der Waals surface area contributed by atoms with Gasteiger partial charge >= 0.3 is 0 Å². The van der Waals surface area contributed by atoms with E-state index in [0.717, 1.165) is 17.5 Å². The monoisotopic (exact) mass is 190 g/mol. The van der Waals surface area contributed by atoms with Crippen molar-refractivity contribution in [1.29, 1.82) is 0 Å². The number of fused-ring (bicyclic) bond motifs is 1. The average Bonchev–Trinajstić information content (AvgIpc) is 2.59. The van der Waals surface area contributed by atoms with Gasteiger partial charge in [-0.2, -0.15) is 0 Å². The van der Waals surface area contributed by atoms with Gasteiger partial charge in [0.1, 0.15) is 5.52 Å². The number of nitrogens with two attached hydrogens (primary N) is 1. The normalized spacial score (nSPS) is 13.4. The predicted octanol–water partition coefficient (Wildman–Crippen LogP) is 2.55. The van der Waals surface area contributed by atoms with Gasteiger partial charge < -0.3 is 10.2 Å². The van der Waals surface area contributed by atoms with E-state index < -0.39 is 0 Å². The van der Waals surface area contributed by atoms with E-state index in [4.69, 9.17) is 10.2 Å². The van der Waals surface area contributed by atoms with Crippen LogP contribution in [-0.4, -0.2) is 4.98 Å². The van der Waals surface area contributed by atoms with Crippen LogP contribution in [0.25, 0.3) is 11.1 Å². The van der Waals surface area contributed by atoms with E-state index >= 15 is 0 Å². The van der Waals surface area contributed by atoms with E-state index in [1.807, 2.05) is 32.0 Å². The molecule has 1 aromatic heterocycles. The first-order valence-corrected chi connectivity index (χ1v) is 4.83. The molecule has 1 unspecified atom stereocenters. The number of hydrogen-bond acceptors (Lipinski definition) is 3. The summed E-state index contributed by atoms with van der Waals surface area (Å²) in [6, 6.07) is 5.85. The molecule has 14 heavy (non-hydrogen) atoms. The highest BCUT2D eigenvalue weighted by molar-refractivity contribution is 5.73. The van der Waals surface area contributed by atoms with E-state index in [1.54, 1.807) is 0 Å². The first kappa shape index (κ1) is 9.21. The van der Waals surface area contributed by atoms with Crippen molar-refractivity contribution in [2.24, 2.45) is 5.73 Å². The molecule has 3 heteroatoms. The number of aromatic nitrogens is 1. The lowest BCUT2D eigenvalue weighted by Gasteiger charge is -2.00. The molecule has 2 rings (SSSR count). The third-order valence-electron chi connectivity index (χ3n) is 2.32. The SMILES string of the molecule is CCC(N)c1nc2cc(C)ccc2o1. The Morgan fingerprint density at radius 1 is 1.50 bits per heavy atom. The molecule has 0 bridgehead atoms. The van der Waals surface area contributed by atoms with Gasteiger partial charge in [-0.3, -0.25) is 0 Å². The van der Waals surface area contributed by atoms with Crippen LogP contribution in [0.3, 0.4) is 0 Å². The van der Waals surface area contributed by atoms with Gasteiger partial charge in [-0.05, 0) is 31.0 Å². The molecule has 74 valence electrons. The van der Waals surface area contributed by atoms with Crippen LogP contribution in [0.4, 0.5) is 0 Å². The highest BCUT2D eigenvalue weighted by atomic mass is 16.3. The quantitative estimate of drug-likeness (QED) is 0.791. The molecular weight excluding hydrogens is 176 g/mol. The van der Waals surface area contributed by atoms with Gasteiger partial charge in [0.15, 0.2) is 5.58 Å². The van der Waals surface area contributed by atoms with Crippen molar-refractivity contribution in [3.63, 3.8) is 0 Å². The Morgan fingerprint density at radius 3 is 3.00 bits per heavy atom. The fourth-order valence-corrected chi connectivity index (χ4v) is 1.39. The minimum atomic E-state index is -0.0947. The van der Waals surface area contributed by atoms with Crippen molar-refractivity contribution in [3.05, 3.63) is 29.7 Å². The summed E-state index contributed by atoms with van der Waals surface area (Å²) < 4.78 is 5.54. The molecule has 2 N–H and O–H groups in total. The lowest BCUT2D eigenvalue weighted by molar-refractivity contribution is 0.469. The van der Waals surface area contributed by atoms with Crippen molar-refractivity contribution in [2.45, 2.75) is 26.3 Å². The molecule has 0 aliphatic carbocycles. The van der Waals surface area contributed by atoms with Gasteiger partial charge in [0.05, 0.1) is 6.04 Å². The Kier molecular flexibility index (Phi) is 2.25. The largest absolute Gasteiger partial charge is 0.439 e. The van der Waals surface area contributed by atoms with Crippen molar-refractivity contribution in [2.75, 3.05) is 0 Å². The van der Waals surface area contributed by atoms with Gasteiger partial charge in [0, 0.05) is 0 Å². The fourth-order valence-electron chi connectivity index (χ4n) is 1.39. The summed E-state index contributed by atoms with van der Waals surface area (Å²) in [5.74, 6) is 0.633. The maximum atomic E-state index is 5.84. The summed E-state index contributed by atoms with van der Waals surface area (Å²) in [6.07, 6.45) is 0.839. The van der Waals surface area contributed by atoms with Crippen LogP contribution in [0.5, 0.6) is 0 Å². The number of nitrogens with zero attached hydrogens (tertiary/aromatic N) is 1. The molecule has 1 atom stereocenters. The highest BCUT2D eigenvalue weighted by Crippen LogP contribution is 2.21. The number of rotatable bonds is 2. The molecule has 0 spiro atoms. The standard InChI is InChI=1S/C11H14N2O/c1-3-8(12)11-13-9-6-7(2)4-5-10(9)14-11/h4-6,8H,3,12H2,1-2H3. The first-order chi connectivity index (χ1) is 6.70. The Bertz CT molecular complexity index is 447. The van der Waals surface area contributed by atoms with Crippen molar-refractivity contribution < 1.29 is 4.42 Å². The molecule has 2 aromatic rings. The van der Waals surface area contributed by atoms with Crippen LogP contribution >= 0.6 is 0 Å². The van der Waals surface area contributed by atoms with Crippen LogP contribution in [0.15, 0.2) is 22.6 Å². The Hall–Kier alpha value is -1.35. The van der Waals surface area contributed by atoms with E-state index in [-0.39, 0.29) is 6.04 Å². The van der Waals surface area contributed by atoms with Crippen LogP contribution in [-0.2, 0) is 0 Å². The van der Waals surface area contributed by atoms with Crippen molar-refractivity contribution in [1.82, 2.24) is 4.98 Å². The molecule has 0 fully saturated rings. The fraction of sp³-hybridized carbons (Fsp3) is 0.364. The molecular formula is C11H14N2O. The van der Waals surface area contributed by atoms with Crippen molar-refractivity contribution in [3.8, 4) is 0 Å². The zero-order chi connectivity index (χ0) is 10.1. The molecule has 0 amide bonds. The minimum absolute atomic E-state index is 0.0947. The molecule has 0 aliphatic heterocycles. The number of oxazole rings is 1. The second-order valence-corrected chi connectivity index (χ2v) is 3.54. The zero-order valence-electron chi connectivity index (χ0n) is 8.45. The summed E-state index contributed by atoms with van der Waals surface area (Å²) in [5.41, 5.74) is 8.73. The van der Waals surface area contributed by atoms with E-state index in [9.17, 15) is 0 Å². The number of benzene rings is 1. The minimum Gasteiger partial charge on any atom is -0.439 e. The second kappa shape index (κ2) is 3.42. The Morgan fingerprint density at radius 2 is 2.29 bits per heavy atom. The first-order valence-electron chi connectivity index (χ1n) is 4.83. The third-order valence-corrected chi connectivity index (χ3v) is 2.32. The second-order valence-electron chi connectivity index (χ2n) is 3.54. The van der Waals surface area contributed by atoms with Crippen LogP contribution in [0.2, 0.25) is 0 Å². The topological polar surface area (TPSA) is 52.0 Å². The van der Waals surface area contributed by atoms with E-state index in [1.165, 1.54) is 5.56 Å². The zero-order valence-corrected chi connectivity index (χ0v) is 8.45. The number of aryl methyl sites for hydroxylation is 1. The molecule has 0 saturated heterocycles. The van der Waals surface area contributed by atoms with Crippen LogP contribution in [0.1, 0.15) is 30.8 Å². The van der Waals surface area contributed by atoms with Crippen LogP contribution in [0, 0.1) is 6.92 Å². The van der Waals surface area contributed by atoms with Gasteiger partial charge in [0.25, 0.3) is 0 Å². The maximum absolute atomic E-state index is 5.84. The van der Waals surface area contributed by atoms with Gasteiger partial charge in [0.2, 0.25) is 5.89 Å². The molecule has 3 nitrogen and oxygen atoms in total. The predicted molar refractivity (Wildman–Crippen MR) is 56.0 cm³/mol. The van der Waals surface area contributed by atoms with Crippen molar-refractivity contribution >= 4 is 11.1 Å². The summed E-state index contributed by atoms with van der Waals surface area (Å²) in [6.45, 7) is 4.05. The van der Waals surface area contributed by atoms with E-state index in [2.05, 4.69) is 4.98 Å². The molecule has 0 saturated carbocycles. The molecule has 1 aromatic carbocycles. The summed E-state index contributed by atoms with van der Waals surface area (Å²) in [4.78, 5) is 4.35. The molecule has 1 heterocycles. The number of hydrogen-bond donors (Lipinski definition) is 1. The van der Waals surface area contributed by atoms with Gasteiger partial charge in [-0.1, -0.05) is 13.0 Å². The third kappa shape index (κ3) is 1.51. The van der Waals surface area contributed by atoms with Crippen LogP contribution < -0.4 is 5.73 Å². The smallest absolute Gasteiger partial charge is 0.212 e. The Labute approximate surface area is 82.9 Å². The maximum Gasteiger partial charge on any atom is 0.212 e. The lowest BCUT2D eigenvalue weighted by atomic mass is 10.2. The highest BCUT2D eigenvalue weighted by Gasteiger charge is 2.11. The summed E-state index contributed by atoms with van der Waals surface area (Å²) in [7, 11) is 0.